The first-order valence-corrected chi connectivity index (χ1v) is 6.47. The van der Waals surface area contributed by atoms with Crippen LogP contribution >= 0.6 is 31.9 Å². The van der Waals surface area contributed by atoms with Crippen molar-refractivity contribution in [3.63, 3.8) is 0 Å². The van der Waals surface area contributed by atoms with Crippen molar-refractivity contribution in [2.75, 3.05) is 5.73 Å². The third-order valence-corrected chi connectivity index (χ3v) is 3.47. The summed E-state index contributed by atoms with van der Waals surface area (Å²) in [6.07, 6.45) is 0. The zero-order valence-electron chi connectivity index (χ0n) is 8.77. The number of azo groups is 1. The zero-order chi connectivity index (χ0) is 12.3. The van der Waals surface area contributed by atoms with Crippen LogP contribution in [0.3, 0.4) is 0 Å². The molecule has 0 atom stereocenters. The second-order valence-electron chi connectivity index (χ2n) is 3.33. The lowest BCUT2D eigenvalue weighted by Gasteiger charge is -2.03. The molecular formula is C12H9Br2N3. The number of hydrogen-bond acceptors (Lipinski definition) is 3. The number of anilines is 1. The molecule has 0 bridgehead atoms. The Morgan fingerprint density at radius 3 is 2.18 bits per heavy atom. The number of nitrogens with two attached hydrogens (primary N) is 1. The van der Waals surface area contributed by atoms with Crippen molar-refractivity contribution < 1.29 is 0 Å². The maximum absolute atomic E-state index is 5.92. The van der Waals surface area contributed by atoms with Gasteiger partial charge in [-0.05, 0) is 56.1 Å². The summed E-state index contributed by atoms with van der Waals surface area (Å²) in [5.41, 5.74) is 7.90. The van der Waals surface area contributed by atoms with Crippen LogP contribution in [0.1, 0.15) is 0 Å². The van der Waals surface area contributed by atoms with E-state index in [9.17, 15) is 0 Å². The van der Waals surface area contributed by atoms with Gasteiger partial charge in [0.2, 0.25) is 0 Å². The van der Waals surface area contributed by atoms with Crippen molar-refractivity contribution in [2.45, 2.75) is 0 Å². The first-order valence-electron chi connectivity index (χ1n) is 4.89. The van der Waals surface area contributed by atoms with E-state index in [0.717, 1.165) is 14.6 Å². The van der Waals surface area contributed by atoms with Crippen molar-refractivity contribution in [3.05, 3.63) is 51.4 Å². The molecule has 0 radical (unpaired) electrons. The van der Waals surface area contributed by atoms with Gasteiger partial charge < -0.3 is 5.73 Å². The molecule has 5 heteroatoms. The summed E-state index contributed by atoms with van der Waals surface area (Å²) in [5.74, 6) is 0. The molecule has 0 saturated heterocycles. The summed E-state index contributed by atoms with van der Waals surface area (Å²) in [7, 11) is 0. The van der Waals surface area contributed by atoms with E-state index in [2.05, 4.69) is 42.1 Å². The highest BCUT2D eigenvalue weighted by atomic mass is 79.9. The molecule has 0 heterocycles. The van der Waals surface area contributed by atoms with Gasteiger partial charge in [0.1, 0.15) is 5.69 Å². The molecule has 0 fully saturated rings. The molecule has 2 aromatic rings. The Bertz CT molecular complexity index is 553. The molecular weight excluding hydrogens is 346 g/mol. The molecule has 0 aliphatic rings. The third kappa shape index (κ3) is 2.92. The van der Waals surface area contributed by atoms with Gasteiger partial charge in [-0.3, -0.25) is 0 Å². The SMILES string of the molecule is Nc1c(Br)ccc(Br)c1/N=N/c1ccccc1. The molecule has 0 saturated carbocycles. The van der Waals surface area contributed by atoms with Gasteiger partial charge >= 0.3 is 0 Å². The highest BCUT2D eigenvalue weighted by molar-refractivity contribution is 9.11. The fourth-order valence-electron chi connectivity index (χ4n) is 1.26. The second kappa shape index (κ2) is 5.42. The molecule has 3 nitrogen and oxygen atoms in total. The van der Waals surface area contributed by atoms with E-state index >= 15 is 0 Å². The Kier molecular flexibility index (Phi) is 3.91. The standard InChI is InChI=1S/C12H9Br2N3/c13-9-6-7-10(14)12(11(9)15)17-16-8-4-2-1-3-5-8/h1-7H,15H2/b17-16+. The van der Waals surface area contributed by atoms with E-state index in [0.29, 0.717) is 11.4 Å². The lowest BCUT2D eigenvalue weighted by Crippen LogP contribution is -1.87. The van der Waals surface area contributed by atoms with Gasteiger partial charge in [0, 0.05) is 8.95 Å². The molecule has 0 aliphatic heterocycles. The van der Waals surface area contributed by atoms with Crippen molar-refractivity contribution in [1.29, 1.82) is 0 Å². The smallest absolute Gasteiger partial charge is 0.124 e. The molecule has 0 amide bonds. The van der Waals surface area contributed by atoms with Crippen molar-refractivity contribution in [3.8, 4) is 0 Å². The van der Waals surface area contributed by atoms with Crippen molar-refractivity contribution in [1.82, 2.24) is 0 Å². The normalized spacial score (nSPS) is 10.9. The quantitative estimate of drug-likeness (QED) is 0.584. The van der Waals surface area contributed by atoms with Crippen molar-refractivity contribution >= 4 is 48.9 Å². The second-order valence-corrected chi connectivity index (χ2v) is 5.04. The molecule has 0 unspecified atom stereocenters. The average Bonchev–Trinajstić information content (AvgIpc) is 2.35. The highest BCUT2D eigenvalue weighted by Gasteiger charge is 2.06. The maximum Gasteiger partial charge on any atom is 0.124 e. The number of hydrogen-bond donors (Lipinski definition) is 1. The molecule has 17 heavy (non-hydrogen) atoms. The van der Waals surface area contributed by atoms with E-state index in [-0.39, 0.29) is 0 Å². The summed E-state index contributed by atoms with van der Waals surface area (Å²) in [4.78, 5) is 0. The van der Waals surface area contributed by atoms with Gasteiger partial charge in [-0.15, -0.1) is 5.11 Å². The summed E-state index contributed by atoms with van der Waals surface area (Å²) >= 11 is 6.76. The minimum Gasteiger partial charge on any atom is -0.396 e. The van der Waals surface area contributed by atoms with Gasteiger partial charge in [-0.25, -0.2) is 0 Å². The van der Waals surface area contributed by atoms with Gasteiger partial charge in [-0.2, -0.15) is 5.11 Å². The number of benzene rings is 2. The lowest BCUT2D eigenvalue weighted by molar-refractivity contribution is 1.22. The summed E-state index contributed by atoms with van der Waals surface area (Å²) < 4.78 is 1.63. The van der Waals surface area contributed by atoms with Gasteiger partial charge in [-0.1, -0.05) is 18.2 Å². The van der Waals surface area contributed by atoms with Crippen LogP contribution in [0.4, 0.5) is 17.1 Å². The maximum atomic E-state index is 5.92. The Morgan fingerprint density at radius 2 is 1.47 bits per heavy atom. The van der Waals surface area contributed by atoms with Gasteiger partial charge in [0.25, 0.3) is 0 Å². The van der Waals surface area contributed by atoms with Crippen LogP contribution in [-0.4, -0.2) is 0 Å². The van der Waals surface area contributed by atoms with Gasteiger partial charge in [0.15, 0.2) is 0 Å². The molecule has 0 aromatic heterocycles. The molecule has 2 rings (SSSR count). The number of nitrogen functional groups attached to an aromatic ring is 1. The minimum absolute atomic E-state index is 0.569. The zero-order valence-corrected chi connectivity index (χ0v) is 11.9. The Balaban J connectivity index is 2.37. The van der Waals surface area contributed by atoms with Crippen LogP contribution in [0.2, 0.25) is 0 Å². The topological polar surface area (TPSA) is 50.7 Å². The monoisotopic (exact) mass is 353 g/mol. The van der Waals surface area contributed by atoms with Crippen LogP contribution < -0.4 is 5.73 Å². The van der Waals surface area contributed by atoms with Crippen LogP contribution in [0, 0.1) is 0 Å². The summed E-state index contributed by atoms with van der Waals surface area (Å²) in [6, 6.07) is 13.3. The molecule has 0 aliphatic carbocycles. The Hall–Kier alpha value is -1.20. The van der Waals surface area contributed by atoms with Crippen LogP contribution in [0.15, 0.2) is 61.6 Å². The molecule has 86 valence electrons. The average molecular weight is 355 g/mol. The van der Waals surface area contributed by atoms with Crippen LogP contribution in [0.5, 0.6) is 0 Å². The predicted octanol–water partition coefficient (Wildman–Crippen LogP) is 5.21. The molecule has 0 spiro atoms. The van der Waals surface area contributed by atoms with Crippen molar-refractivity contribution in [2.24, 2.45) is 10.2 Å². The first-order chi connectivity index (χ1) is 8.18. The first kappa shape index (κ1) is 12.3. The number of nitrogens with zero attached hydrogens (tertiary/aromatic N) is 2. The van der Waals surface area contributed by atoms with E-state index in [1.165, 1.54) is 0 Å². The third-order valence-electron chi connectivity index (χ3n) is 2.14. The fourth-order valence-corrected chi connectivity index (χ4v) is 2.01. The fraction of sp³-hybridized carbons (Fsp3) is 0. The van der Waals surface area contributed by atoms with Gasteiger partial charge in [0.05, 0.1) is 11.4 Å². The van der Waals surface area contributed by atoms with E-state index in [1.807, 2.05) is 42.5 Å². The van der Waals surface area contributed by atoms with E-state index in [1.54, 1.807) is 0 Å². The largest absolute Gasteiger partial charge is 0.396 e. The highest BCUT2D eigenvalue weighted by Crippen LogP contribution is 2.37. The summed E-state index contributed by atoms with van der Waals surface area (Å²) in [6.45, 7) is 0. The van der Waals surface area contributed by atoms with Crippen LogP contribution in [-0.2, 0) is 0 Å². The summed E-state index contributed by atoms with van der Waals surface area (Å²) in [5, 5.41) is 8.29. The molecule has 2 aromatic carbocycles. The van der Waals surface area contributed by atoms with Crippen LogP contribution in [0.25, 0.3) is 0 Å². The number of halogens is 2. The van der Waals surface area contributed by atoms with E-state index in [4.69, 9.17) is 5.73 Å². The predicted molar refractivity (Wildman–Crippen MR) is 76.9 cm³/mol. The minimum atomic E-state index is 0.569. The molecule has 2 N–H and O–H groups in total. The number of rotatable bonds is 2. The lowest BCUT2D eigenvalue weighted by atomic mass is 10.3. The van der Waals surface area contributed by atoms with E-state index < -0.39 is 0 Å². The Morgan fingerprint density at radius 1 is 0.824 bits per heavy atom. The Labute approximate surface area is 116 Å².